The molecule has 0 bridgehead atoms. The van der Waals surface area contributed by atoms with Crippen LogP contribution in [0.25, 0.3) is 0 Å². The Morgan fingerprint density at radius 2 is 1.74 bits per heavy atom. The highest BCUT2D eigenvalue weighted by Gasteiger charge is 2.20. The number of benzene rings is 2. The van der Waals surface area contributed by atoms with Crippen molar-refractivity contribution in [1.82, 2.24) is 10.2 Å². The molecule has 7 nitrogen and oxygen atoms in total. The minimum Gasteiger partial charge on any atom is -0.386 e. The molecule has 0 saturated carbocycles. The first kappa shape index (κ1) is 22.3. The monoisotopic (exact) mass is 422 g/mol. The molecule has 3 amide bonds. The molecule has 0 radical (unpaired) electrons. The summed E-state index contributed by atoms with van der Waals surface area (Å²) < 4.78 is 0. The second kappa shape index (κ2) is 11.2. The van der Waals surface area contributed by atoms with Crippen LogP contribution in [-0.4, -0.2) is 42.2 Å². The van der Waals surface area contributed by atoms with Gasteiger partial charge >= 0.3 is 6.03 Å². The van der Waals surface area contributed by atoms with Crippen LogP contribution in [0.4, 0.5) is 10.5 Å². The molecule has 1 saturated heterocycles. The third-order valence-electron chi connectivity index (χ3n) is 5.31. The fourth-order valence-electron chi connectivity index (χ4n) is 3.37. The molecule has 1 aliphatic rings. The summed E-state index contributed by atoms with van der Waals surface area (Å²) in [5.74, 6) is -0.212. The normalized spacial score (nSPS) is 14.5. The van der Waals surface area contributed by atoms with Crippen LogP contribution >= 0.6 is 0 Å². The third-order valence-corrected chi connectivity index (χ3v) is 5.31. The number of oxime groups is 1. The van der Waals surface area contributed by atoms with Gasteiger partial charge in [0.2, 0.25) is 0 Å². The van der Waals surface area contributed by atoms with Crippen LogP contribution in [0.5, 0.6) is 0 Å². The Balaban J connectivity index is 1.37. The molecule has 1 heterocycles. The maximum Gasteiger partial charge on any atom is 0.321 e. The van der Waals surface area contributed by atoms with Crippen molar-refractivity contribution < 1.29 is 14.4 Å². The van der Waals surface area contributed by atoms with Crippen molar-refractivity contribution in [2.45, 2.75) is 39.2 Å². The van der Waals surface area contributed by atoms with E-state index in [0.29, 0.717) is 25.9 Å². The van der Waals surface area contributed by atoms with Crippen molar-refractivity contribution in [3.05, 3.63) is 65.7 Å². The number of anilines is 1. The minimum atomic E-state index is -0.212. The lowest BCUT2D eigenvalue weighted by Gasteiger charge is -2.27. The highest BCUT2D eigenvalue weighted by Crippen LogP contribution is 2.14. The number of rotatable bonds is 7. The van der Waals surface area contributed by atoms with E-state index in [4.69, 9.17) is 4.84 Å². The standard InChI is InChI=1S/C24H30N4O3/c1-3-19-9-11-20(12-10-19)18(2)25-23(29)17-31-27-22-13-15-28(16-14-22)24(30)26-21-7-5-4-6-8-21/h4-12,18H,3,13-17H2,1-2H3,(H,25,29)(H,26,30). The summed E-state index contributed by atoms with van der Waals surface area (Å²) in [4.78, 5) is 31.5. The van der Waals surface area contributed by atoms with Gasteiger partial charge in [-0.25, -0.2) is 4.79 Å². The lowest BCUT2D eigenvalue weighted by molar-refractivity contribution is -0.126. The number of nitrogens with one attached hydrogen (secondary N) is 2. The summed E-state index contributed by atoms with van der Waals surface area (Å²) in [7, 11) is 0. The number of piperidine rings is 1. The Morgan fingerprint density at radius 1 is 1.06 bits per heavy atom. The van der Waals surface area contributed by atoms with Crippen molar-refractivity contribution in [1.29, 1.82) is 0 Å². The highest BCUT2D eigenvalue weighted by atomic mass is 16.6. The van der Waals surface area contributed by atoms with E-state index in [1.807, 2.05) is 49.4 Å². The van der Waals surface area contributed by atoms with Crippen molar-refractivity contribution >= 4 is 23.3 Å². The lowest BCUT2D eigenvalue weighted by Crippen LogP contribution is -2.41. The van der Waals surface area contributed by atoms with Gasteiger partial charge in [0.15, 0.2) is 6.61 Å². The van der Waals surface area contributed by atoms with Gasteiger partial charge in [0.25, 0.3) is 5.91 Å². The van der Waals surface area contributed by atoms with E-state index >= 15 is 0 Å². The zero-order chi connectivity index (χ0) is 22.1. The molecule has 2 aromatic carbocycles. The molecular formula is C24H30N4O3. The Bertz CT molecular complexity index is 887. The van der Waals surface area contributed by atoms with Crippen molar-refractivity contribution in [2.24, 2.45) is 5.16 Å². The van der Waals surface area contributed by atoms with Gasteiger partial charge in [-0.05, 0) is 36.6 Å². The summed E-state index contributed by atoms with van der Waals surface area (Å²) in [6.07, 6.45) is 2.25. The maximum absolute atomic E-state index is 12.3. The van der Waals surface area contributed by atoms with Gasteiger partial charge in [0.05, 0.1) is 11.8 Å². The summed E-state index contributed by atoms with van der Waals surface area (Å²) in [5.41, 5.74) is 3.96. The first-order valence-electron chi connectivity index (χ1n) is 10.7. The Kier molecular flexibility index (Phi) is 8.04. The van der Waals surface area contributed by atoms with E-state index in [0.717, 1.165) is 23.4 Å². The number of urea groups is 1. The van der Waals surface area contributed by atoms with Gasteiger partial charge in [0, 0.05) is 31.6 Å². The van der Waals surface area contributed by atoms with Gasteiger partial charge in [-0.1, -0.05) is 54.5 Å². The number of para-hydroxylation sites is 1. The third kappa shape index (κ3) is 6.84. The van der Waals surface area contributed by atoms with Crippen molar-refractivity contribution in [2.75, 3.05) is 25.0 Å². The fraction of sp³-hybridized carbons (Fsp3) is 0.375. The van der Waals surface area contributed by atoms with Gasteiger partial charge in [-0.3, -0.25) is 4.79 Å². The second-order valence-electron chi connectivity index (χ2n) is 7.60. The number of aryl methyl sites for hydroxylation is 1. The summed E-state index contributed by atoms with van der Waals surface area (Å²) in [5, 5.41) is 9.91. The fourth-order valence-corrected chi connectivity index (χ4v) is 3.37. The molecule has 2 N–H and O–H groups in total. The second-order valence-corrected chi connectivity index (χ2v) is 7.60. The molecule has 1 atom stereocenters. The predicted molar refractivity (Wildman–Crippen MR) is 122 cm³/mol. The molecule has 3 rings (SSSR count). The number of carbonyl (C=O) groups excluding carboxylic acids is 2. The highest BCUT2D eigenvalue weighted by molar-refractivity contribution is 5.92. The zero-order valence-electron chi connectivity index (χ0n) is 18.1. The topological polar surface area (TPSA) is 83.0 Å². The lowest BCUT2D eigenvalue weighted by atomic mass is 10.1. The van der Waals surface area contributed by atoms with Crippen LogP contribution in [0.15, 0.2) is 59.8 Å². The molecule has 0 aromatic heterocycles. The van der Waals surface area contributed by atoms with E-state index in [-0.39, 0.29) is 24.6 Å². The largest absolute Gasteiger partial charge is 0.386 e. The van der Waals surface area contributed by atoms with E-state index in [2.05, 4.69) is 34.8 Å². The van der Waals surface area contributed by atoms with Crippen LogP contribution < -0.4 is 10.6 Å². The number of nitrogens with zero attached hydrogens (tertiary/aromatic N) is 2. The van der Waals surface area contributed by atoms with Crippen molar-refractivity contribution in [3.63, 3.8) is 0 Å². The van der Waals surface area contributed by atoms with E-state index in [1.165, 1.54) is 5.56 Å². The van der Waals surface area contributed by atoms with Crippen LogP contribution in [0.3, 0.4) is 0 Å². The van der Waals surface area contributed by atoms with E-state index in [1.54, 1.807) is 4.90 Å². The Morgan fingerprint density at radius 3 is 2.39 bits per heavy atom. The smallest absolute Gasteiger partial charge is 0.321 e. The quantitative estimate of drug-likeness (QED) is 0.658. The van der Waals surface area contributed by atoms with Crippen LogP contribution in [-0.2, 0) is 16.1 Å². The number of hydrogen-bond acceptors (Lipinski definition) is 4. The summed E-state index contributed by atoms with van der Waals surface area (Å²) in [6, 6.07) is 17.4. The Hall–Kier alpha value is -3.35. The SMILES string of the molecule is CCc1ccc(C(C)NC(=O)CON=C2CCN(C(=O)Nc3ccccc3)CC2)cc1. The first-order chi connectivity index (χ1) is 15.0. The zero-order valence-corrected chi connectivity index (χ0v) is 18.1. The molecule has 7 heteroatoms. The number of likely N-dealkylation sites (tertiary alicyclic amines) is 1. The number of carbonyl (C=O) groups is 2. The van der Waals surface area contributed by atoms with Gasteiger partial charge in [-0.2, -0.15) is 0 Å². The maximum atomic E-state index is 12.3. The van der Waals surface area contributed by atoms with Crippen LogP contribution in [0.2, 0.25) is 0 Å². The average molecular weight is 423 g/mol. The van der Waals surface area contributed by atoms with Gasteiger partial charge < -0.3 is 20.4 Å². The summed E-state index contributed by atoms with van der Waals surface area (Å²) >= 11 is 0. The average Bonchev–Trinajstić information content (AvgIpc) is 2.80. The van der Waals surface area contributed by atoms with E-state index in [9.17, 15) is 9.59 Å². The Labute approximate surface area is 183 Å². The van der Waals surface area contributed by atoms with Crippen LogP contribution in [0, 0.1) is 0 Å². The molecule has 31 heavy (non-hydrogen) atoms. The van der Waals surface area contributed by atoms with Gasteiger partial charge in [0.1, 0.15) is 0 Å². The number of hydrogen-bond donors (Lipinski definition) is 2. The van der Waals surface area contributed by atoms with Crippen molar-refractivity contribution in [3.8, 4) is 0 Å². The van der Waals surface area contributed by atoms with E-state index < -0.39 is 0 Å². The molecule has 0 spiro atoms. The molecule has 1 fully saturated rings. The molecule has 2 aromatic rings. The molecule has 1 aliphatic heterocycles. The molecular weight excluding hydrogens is 392 g/mol. The predicted octanol–water partition coefficient (Wildman–Crippen LogP) is 4.13. The van der Waals surface area contributed by atoms with Gasteiger partial charge in [-0.15, -0.1) is 0 Å². The molecule has 1 unspecified atom stereocenters. The first-order valence-corrected chi connectivity index (χ1v) is 10.7. The summed E-state index contributed by atoms with van der Waals surface area (Å²) in [6.45, 7) is 5.07. The van der Waals surface area contributed by atoms with Crippen LogP contribution in [0.1, 0.15) is 43.9 Å². The number of amides is 3. The molecule has 0 aliphatic carbocycles. The minimum absolute atomic E-state index is 0.0963. The molecule has 164 valence electrons.